The first-order valence-electron chi connectivity index (χ1n) is 6.62. The van der Waals surface area contributed by atoms with E-state index >= 15 is 0 Å². The molecule has 0 rings (SSSR count). The zero-order valence-electron chi connectivity index (χ0n) is 12.6. The van der Waals surface area contributed by atoms with Gasteiger partial charge in [0.25, 0.3) is 0 Å². The van der Waals surface area contributed by atoms with E-state index in [2.05, 4.69) is 0 Å². The molecule has 7 nitrogen and oxygen atoms in total. The zero-order chi connectivity index (χ0) is 16.5. The molecule has 0 spiro atoms. The monoisotopic (exact) mass is 292 g/mol. The Kier molecular flexibility index (Phi) is 11.2. The van der Waals surface area contributed by atoms with Crippen LogP contribution in [0.25, 0.3) is 0 Å². The molecule has 0 aliphatic rings. The van der Waals surface area contributed by atoms with Gasteiger partial charge in [-0.25, -0.2) is 0 Å². The lowest BCUT2D eigenvalue weighted by Crippen LogP contribution is -2.37. The summed E-state index contributed by atoms with van der Waals surface area (Å²) in [6.07, 6.45) is -0.549. The van der Waals surface area contributed by atoms with Crippen molar-refractivity contribution in [3.63, 3.8) is 0 Å². The van der Waals surface area contributed by atoms with Crippen LogP contribution >= 0.6 is 0 Å². The largest absolute Gasteiger partial charge is 0.481 e. The Hall–Kier alpha value is -1.18. The Labute approximate surface area is 120 Å². The predicted molar refractivity (Wildman–Crippen MR) is 76.1 cm³/mol. The molecule has 0 aromatic carbocycles. The Bertz CT molecular complexity index is 294. The molecule has 1 unspecified atom stereocenters. The number of aliphatic hydroxyl groups excluding tert-OH is 1. The fourth-order valence-corrected chi connectivity index (χ4v) is 1.32. The Morgan fingerprint density at radius 1 is 1.05 bits per heavy atom. The summed E-state index contributed by atoms with van der Waals surface area (Å²) in [5.74, 6) is -1.54. The summed E-state index contributed by atoms with van der Waals surface area (Å²) >= 11 is 0. The molecule has 0 saturated heterocycles. The standard InChI is InChI=1S/C8H17NO3.C5H11NO2/c1-5(2)3-6(9)7(10)4-8(11)12;1-3(2)4(6)5(7)8/h5-7,10H,3-4,9H2,1-2H3,(H,11,12);3-4H,6H2,1-2H3,(H,7,8)/t6-,7-;/m0./s1. The van der Waals surface area contributed by atoms with Gasteiger partial charge in [0.05, 0.1) is 12.5 Å². The van der Waals surface area contributed by atoms with Gasteiger partial charge in [0.15, 0.2) is 0 Å². The smallest absolute Gasteiger partial charge is 0.320 e. The highest BCUT2D eigenvalue weighted by Crippen LogP contribution is 2.08. The van der Waals surface area contributed by atoms with E-state index in [0.717, 1.165) is 0 Å². The number of aliphatic carboxylic acids is 2. The third-order valence-electron chi connectivity index (χ3n) is 2.62. The van der Waals surface area contributed by atoms with Gasteiger partial charge in [-0.2, -0.15) is 0 Å². The van der Waals surface area contributed by atoms with Gasteiger partial charge in [0, 0.05) is 6.04 Å². The van der Waals surface area contributed by atoms with Crippen molar-refractivity contribution in [1.29, 1.82) is 0 Å². The Balaban J connectivity index is 0. The SMILES string of the molecule is CC(C)C(N)C(=O)O.CC(C)C[C@H](N)[C@@H](O)CC(=O)O. The van der Waals surface area contributed by atoms with Crippen molar-refractivity contribution in [3.05, 3.63) is 0 Å². The molecular weight excluding hydrogens is 264 g/mol. The molecule has 0 aromatic rings. The molecule has 0 radical (unpaired) electrons. The number of aliphatic hydroxyl groups is 1. The molecular formula is C13H28N2O5. The van der Waals surface area contributed by atoms with Crippen LogP contribution in [-0.2, 0) is 9.59 Å². The van der Waals surface area contributed by atoms with E-state index in [-0.39, 0.29) is 12.3 Å². The minimum atomic E-state index is -1.01. The number of hydrogen-bond donors (Lipinski definition) is 5. The summed E-state index contributed by atoms with van der Waals surface area (Å²) < 4.78 is 0. The molecule has 20 heavy (non-hydrogen) atoms. The van der Waals surface area contributed by atoms with E-state index in [9.17, 15) is 14.7 Å². The first-order chi connectivity index (χ1) is 8.98. The van der Waals surface area contributed by atoms with Crippen LogP contribution in [0.1, 0.15) is 40.5 Å². The quantitative estimate of drug-likeness (QED) is 0.452. The van der Waals surface area contributed by atoms with Gasteiger partial charge < -0.3 is 26.8 Å². The van der Waals surface area contributed by atoms with Gasteiger partial charge in [-0.05, 0) is 18.3 Å². The van der Waals surface area contributed by atoms with Crippen LogP contribution in [0.4, 0.5) is 0 Å². The van der Waals surface area contributed by atoms with Crippen molar-refractivity contribution >= 4 is 11.9 Å². The van der Waals surface area contributed by atoms with Gasteiger partial charge in [-0.1, -0.05) is 27.7 Å². The van der Waals surface area contributed by atoms with Gasteiger partial charge in [-0.3, -0.25) is 9.59 Å². The minimum Gasteiger partial charge on any atom is -0.481 e. The molecule has 0 fully saturated rings. The van der Waals surface area contributed by atoms with Crippen LogP contribution in [0.2, 0.25) is 0 Å². The highest BCUT2D eigenvalue weighted by Gasteiger charge is 2.18. The third-order valence-corrected chi connectivity index (χ3v) is 2.62. The van der Waals surface area contributed by atoms with Crippen molar-refractivity contribution in [3.8, 4) is 0 Å². The van der Waals surface area contributed by atoms with Gasteiger partial charge in [0.1, 0.15) is 6.04 Å². The number of carboxylic acid groups (broad SMARTS) is 2. The van der Waals surface area contributed by atoms with Gasteiger partial charge >= 0.3 is 11.9 Å². The summed E-state index contributed by atoms with van der Waals surface area (Å²) in [5, 5.41) is 25.8. The average molecular weight is 292 g/mol. The highest BCUT2D eigenvalue weighted by molar-refractivity contribution is 5.73. The molecule has 0 aliphatic heterocycles. The van der Waals surface area contributed by atoms with Crippen LogP contribution < -0.4 is 11.5 Å². The average Bonchev–Trinajstić information content (AvgIpc) is 2.26. The summed E-state index contributed by atoms with van der Waals surface area (Å²) in [6, 6.07) is -1.14. The van der Waals surface area contributed by atoms with E-state index in [4.69, 9.17) is 21.7 Å². The van der Waals surface area contributed by atoms with E-state index in [0.29, 0.717) is 12.3 Å². The maximum atomic E-state index is 10.2. The molecule has 0 aliphatic carbocycles. The molecule has 120 valence electrons. The van der Waals surface area contributed by atoms with Crippen molar-refractivity contribution in [2.24, 2.45) is 23.3 Å². The number of nitrogens with two attached hydrogens (primary N) is 2. The molecule has 3 atom stereocenters. The second-order valence-electron chi connectivity index (χ2n) is 5.57. The van der Waals surface area contributed by atoms with Crippen molar-refractivity contribution in [1.82, 2.24) is 0 Å². The summed E-state index contributed by atoms with van der Waals surface area (Å²) in [4.78, 5) is 20.2. The zero-order valence-corrected chi connectivity index (χ0v) is 12.6. The van der Waals surface area contributed by atoms with Crippen LogP contribution in [-0.4, -0.2) is 45.4 Å². The highest BCUT2D eigenvalue weighted by atomic mass is 16.4. The number of carboxylic acids is 2. The van der Waals surface area contributed by atoms with E-state index in [1.165, 1.54) is 0 Å². The minimum absolute atomic E-state index is 0.0208. The van der Waals surface area contributed by atoms with Crippen LogP contribution in [0.15, 0.2) is 0 Å². The summed E-state index contributed by atoms with van der Waals surface area (Å²) in [6.45, 7) is 7.51. The van der Waals surface area contributed by atoms with Crippen molar-refractivity contribution in [2.45, 2.75) is 58.7 Å². The normalized spacial score (nSPS) is 15.2. The fraction of sp³-hybridized carbons (Fsp3) is 0.846. The molecule has 0 saturated carbocycles. The third kappa shape index (κ3) is 11.9. The van der Waals surface area contributed by atoms with Gasteiger partial charge in [0.2, 0.25) is 0 Å². The Morgan fingerprint density at radius 3 is 1.70 bits per heavy atom. The van der Waals surface area contributed by atoms with Crippen molar-refractivity contribution < 1.29 is 24.9 Å². The maximum Gasteiger partial charge on any atom is 0.320 e. The lowest BCUT2D eigenvalue weighted by Gasteiger charge is -2.18. The number of carbonyl (C=O) groups is 2. The first-order valence-corrected chi connectivity index (χ1v) is 6.62. The molecule has 0 heterocycles. The lowest BCUT2D eigenvalue weighted by molar-refractivity contribution is -0.140. The molecule has 0 amide bonds. The number of hydrogen-bond acceptors (Lipinski definition) is 5. The number of rotatable bonds is 7. The summed E-state index contributed by atoms with van der Waals surface area (Å²) in [7, 11) is 0. The van der Waals surface area contributed by atoms with Crippen LogP contribution in [0, 0.1) is 11.8 Å². The molecule has 0 bridgehead atoms. The topological polar surface area (TPSA) is 147 Å². The Morgan fingerprint density at radius 2 is 1.50 bits per heavy atom. The van der Waals surface area contributed by atoms with Crippen molar-refractivity contribution in [2.75, 3.05) is 0 Å². The lowest BCUT2D eigenvalue weighted by atomic mass is 9.98. The predicted octanol–water partition coefficient (Wildman–Crippen LogP) is 0.250. The molecule has 7 N–H and O–H groups in total. The molecule has 0 aromatic heterocycles. The van der Waals surface area contributed by atoms with E-state index in [1.807, 2.05) is 13.8 Å². The summed E-state index contributed by atoms with van der Waals surface area (Å²) in [5.41, 5.74) is 10.7. The second kappa shape index (κ2) is 10.6. The van der Waals surface area contributed by atoms with Crippen LogP contribution in [0.3, 0.4) is 0 Å². The van der Waals surface area contributed by atoms with E-state index in [1.54, 1.807) is 13.8 Å². The van der Waals surface area contributed by atoms with Gasteiger partial charge in [-0.15, -0.1) is 0 Å². The fourth-order valence-electron chi connectivity index (χ4n) is 1.32. The molecule has 7 heteroatoms. The second-order valence-corrected chi connectivity index (χ2v) is 5.57. The maximum absolute atomic E-state index is 10.2. The van der Waals surface area contributed by atoms with Crippen LogP contribution in [0.5, 0.6) is 0 Å². The first kappa shape index (κ1) is 21.1. The van der Waals surface area contributed by atoms with E-state index < -0.39 is 30.1 Å².